The van der Waals surface area contributed by atoms with Crippen LogP contribution in [0, 0.1) is 7.43 Å². The van der Waals surface area contributed by atoms with Crippen molar-refractivity contribution in [3.05, 3.63) is 7.43 Å². The number of likely N-dealkylation sites (tertiary alicyclic amines) is 1. The monoisotopic (exact) mass is 167 g/mol. The Balaban J connectivity index is 0. The summed E-state index contributed by atoms with van der Waals surface area (Å²) in [6.07, 6.45) is 4.30. The van der Waals surface area contributed by atoms with Gasteiger partial charge in [-0.2, -0.15) is 0 Å². The molecule has 56 valence electrons. The zero-order valence-corrected chi connectivity index (χ0v) is 10.8. The van der Waals surface area contributed by atoms with Crippen molar-refractivity contribution in [3.63, 3.8) is 0 Å². The molecule has 0 N–H and O–H groups in total. The number of rotatable bonds is 1. The Labute approximate surface area is 108 Å². The van der Waals surface area contributed by atoms with Crippen molar-refractivity contribution in [2.75, 3.05) is 19.6 Å². The van der Waals surface area contributed by atoms with Gasteiger partial charge in [0.2, 0.25) is 0 Å². The minimum Gasteiger partial charge on any atom is -0.358 e. The fraction of sp³-hybridized carbons (Fsp3) is 0.875. The van der Waals surface area contributed by atoms with Crippen LogP contribution in [-0.4, -0.2) is 24.5 Å². The average Bonchev–Trinajstić information content (AvgIpc) is 1.90. The van der Waals surface area contributed by atoms with E-state index < -0.39 is 0 Å². The fourth-order valence-corrected chi connectivity index (χ4v) is 1.28. The number of nitrogens with zero attached hydrogens (tertiary/aromatic N) is 1. The van der Waals surface area contributed by atoms with Crippen LogP contribution in [0.15, 0.2) is 0 Å². The topological polar surface area (TPSA) is 3.24 Å². The minimum absolute atomic E-state index is 0. The predicted octanol–water partition coefficient (Wildman–Crippen LogP) is -1.05. The summed E-state index contributed by atoms with van der Waals surface area (Å²) in [5.74, 6) is 0. The van der Waals surface area contributed by atoms with E-state index in [1.54, 1.807) is 0 Å². The first-order chi connectivity index (χ1) is 3.93. The molecule has 0 amide bonds. The molecule has 1 saturated heterocycles. The van der Waals surface area contributed by atoms with E-state index in [9.17, 15) is 0 Å². The van der Waals surface area contributed by atoms with Crippen molar-refractivity contribution in [1.29, 1.82) is 0 Å². The maximum Gasteiger partial charge on any atom is 1.00 e. The molecular formula is C8H18KN. The van der Waals surface area contributed by atoms with Crippen LogP contribution in [-0.2, 0) is 0 Å². The van der Waals surface area contributed by atoms with Gasteiger partial charge in [-0.15, -0.1) is 0 Å². The number of piperidine rings is 1. The van der Waals surface area contributed by atoms with E-state index in [-0.39, 0.29) is 58.8 Å². The largest absolute Gasteiger partial charge is 1.00 e. The van der Waals surface area contributed by atoms with Crippen LogP contribution in [0.4, 0.5) is 0 Å². The molecule has 1 nitrogen and oxygen atoms in total. The minimum atomic E-state index is 0. The molecule has 0 aromatic carbocycles. The van der Waals surface area contributed by atoms with Crippen molar-refractivity contribution in [1.82, 2.24) is 4.90 Å². The van der Waals surface area contributed by atoms with Crippen LogP contribution in [0.3, 0.4) is 0 Å². The maximum absolute atomic E-state index is 2.52. The molecule has 0 unspecified atom stereocenters. The first-order valence-electron chi connectivity index (χ1n) is 3.66. The molecule has 1 heterocycles. The van der Waals surface area contributed by atoms with Crippen molar-refractivity contribution >= 4 is 0 Å². The van der Waals surface area contributed by atoms with Gasteiger partial charge in [0.05, 0.1) is 0 Å². The molecule has 0 aliphatic carbocycles. The second kappa shape index (κ2) is 8.69. The van der Waals surface area contributed by atoms with E-state index >= 15 is 0 Å². The molecule has 0 aromatic heterocycles. The van der Waals surface area contributed by atoms with Gasteiger partial charge < -0.3 is 12.3 Å². The molecule has 1 fully saturated rings. The predicted molar refractivity (Wildman–Crippen MR) is 42.4 cm³/mol. The molecule has 0 bridgehead atoms. The van der Waals surface area contributed by atoms with Crippen LogP contribution in [0.25, 0.3) is 0 Å². The zero-order valence-electron chi connectivity index (χ0n) is 7.69. The van der Waals surface area contributed by atoms with Crippen LogP contribution in [0.2, 0.25) is 0 Å². The molecule has 0 spiro atoms. The Bertz CT molecular complexity index is 60.3. The van der Waals surface area contributed by atoms with E-state index in [1.807, 2.05) is 0 Å². The van der Waals surface area contributed by atoms with Crippen molar-refractivity contribution in [3.8, 4) is 0 Å². The standard InChI is InChI=1S/C7H15N.CH3.K/c1-2-8-6-4-3-5-7-8;;/h2-7H2,1H3;1H3;/q;-1;+1. The summed E-state index contributed by atoms with van der Waals surface area (Å²) in [7, 11) is 0. The molecule has 0 aromatic rings. The SMILES string of the molecule is CCN1CCCCC1.[CH3-].[K+]. The third-order valence-electron chi connectivity index (χ3n) is 1.90. The summed E-state index contributed by atoms with van der Waals surface area (Å²) in [4.78, 5) is 2.52. The van der Waals surface area contributed by atoms with Crippen LogP contribution in [0.5, 0.6) is 0 Å². The number of hydrogen-bond acceptors (Lipinski definition) is 1. The van der Waals surface area contributed by atoms with E-state index in [1.165, 1.54) is 38.9 Å². The molecule has 2 heteroatoms. The molecule has 0 atom stereocenters. The second-order valence-corrected chi connectivity index (χ2v) is 2.49. The molecule has 1 rings (SSSR count). The van der Waals surface area contributed by atoms with E-state index in [2.05, 4.69) is 11.8 Å². The second-order valence-electron chi connectivity index (χ2n) is 2.49. The third-order valence-corrected chi connectivity index (χ3v) is 1.90. The van der Waals surface area contributed by atoms with E-state index in [0.29, 0.717) is 0 Å². The van der Waals surface area contributed by atoms with Crippen LogP contribution >= 0.6 is 0 Å². The molecule has 1 aliphatic heterocycles. The molecule has 0 saturated carbocycles. The molecular weight excluding hydrogens is 149 g/mol. The van der Waals surface area contributed by atoms with Gasteiger partial charge in [0.25, 0.3) is 0 Å². The van der Waals surface area contributed by atoms with Gasteiger partial charge in [-0.25, -0.2) is 0 Å². The van der Waals surface area contributed by atoms with Gasteiger partial charge in [-0.05, 0) is 32.5 Å². The van der Waals surface area contributed by atoms with Gasteiger partial charge in [-0.3, -0.25) is 0 Å². The summed E-state index contributed by atoms with van der Waals surface area (Å²) >= 11 is 0. The zero-order chi connectivity index (χ0) is 5.82. The van der Waals surface area contributed by atoms with Crippen molar-refractivity contribution in [2.24, 2.45) is 0 Å². The van der Waals surface area contributed by atoms with Gasteiger partial charge in [0, 0.05) is 0 Å². The molecule has 10 heavy (non-hydrogen) atoms. The summed E-state index contributed by atoms with van der Waals surface area (Å²) < 4.78 is 0. The van der Waals surface area contributed by atoms with E-state index in [0.717, 1.165) is 0 Å². The van der Waals surface area contributed by atoms with Crippen molar-refractivity contribution < 1.29 is 51.4 Å². The van der Waals surface area contributed by atoms with Crippen LogP contribution in [0.1, 0.15) is 26.2 Å². The quantitative estimate of drug-likeness (QED) is 0.356. The Kier molecular flexibility index (Phi) is 12.3. The Hall–Kier alpha value is 1.60. The van der Waals surface area contributed by atoms with Crippen molar-refractivity contribution in [2.45, 2.75) is 26.2 Å². The summed E-state index contributed by atoms with van der Waals surface area (Å²) in [5.41, 5.74) is 0. The summed E-state index contributed by atoms with van der Waals surface area (Å²) in [5, 5.41) is 0. The molecule has 0 radical (unpaired) electrons. The van der Waals surface area contributed by atoms with Gasteiger partial charge in [-0.1, -0.05) is 13.3 Å². The summed E-state index contributed by atoms with van der Waals surface area (Å²) in [6.45, 7) is 6.18. The van der Waals surface area contributed by atoms with Gasteiger partial charge >= 0.3 is 51.4 Å². The maximum atomic E-state index is 2.52. The summed E-state index contributed by atoms with van der Waals surface area (Å²) in [6, 6.07) is 0. The Morgan fingerprint density at radius 1 is 1.10 bits per heavy atom. The number of hydrogen-bond donors (Lipinski definition) is 0. The van der Waals surface area contributed by atoms with Crippen LogP contribution < -0.4 is 51.4 Å². The third kappa shape index (κ3) is 5.27. The smallest absolute Gasteiger partial charge is 0.358 e. The molecule has 1 aliphatic rings. The first-order valence-corrected chi connectivity index (χ1v) is 3.66. The van der Waals surface area contributed by atoms with Gasteiger partial charge in [0.15, 0.2) is 0 Å². The van der Waals surface area contributed by atoms with E-state index in [4.69, 9.17) is 0 Å². The first kappa shape index (κ1) is 14.1. The average molecular weight is 167 g/mol. The Morgan fingerprint density at radius 2 is 1.60 bits per heavy atom. The normalized spacial score (nSPS) is 18.9. The van der Waals surface area contributed by atoms with Gasteiger partial charge in [0.1, 0.15) is 0 Å². The Morgan fingerprint density at radius 3 is 1.90 bits per heavy atom. The fourth-order valence-electron chi connectivity index (χ4n) is 1.28.